The molecule has 0 aliphatic heterocycles. The minimum atomic E-state index is 0.110. The lowest BCUT2D eigenvalue weighted by Gasteiger charge is -2.04. The Balaban J connectivity index is 1.78. The van der Waals surface area contributed by atoms with E-state index < -0.39 is 0 Å². The van der Waals surface area contributed by atoms with E-state index in [1.807, 2.05) is 36.7 Å². The van der Waals surface area contributed by atoms with Gasteiger partial charge in [-0.2, -0.15) is 0 Å². The van der Waals surface area contributed by atoms with Crippen LogP contribution in [0.15, 0.2) is 54.9 Å². The van der Waals surface area contributed by atoms with Crippen LogP contribution in [0.1, 0.15) is 17.5 Å². The topological polar surface area (TPSA) is 38.0 Å². The van der Waals surface area contributed by atoms with Crippen molar-refractivity contribution in [2.75, 3.05) is 6.61 Å². The van der Waals surface area contributed by atoms with Gasteiger partial charge in [0.1, 0.15) is 0 Å². The standard InChI is InChI=1S/C18H16N2O/c21-12-4-3-5-15-8-10-16(11-9-15)13-20-14-19-17-6-1-2-7-18(17)20/h1-2,6-11,14,21H,4,12-13H2. The molecule has 3 rings (SSSR count). The average molecular weight is 276 g/mol. The van der Waals surface area contributed by atoms with E-state index in [4.69, 9.17) is 5.11 Å². The minimum Gasteiger partial charge on any atom is -0.395 e. The fourth-order valence-corrected chi connectivity index (χ4v) is 2.25. The number of aliphatic hydroxyl groups is 1. The smallest absolute Gasteiger partial charge is 0.0961 e. The quantitative estimate of drug-likeness (QED) is 0.747. The van der Waals surface area contributed by atoms with Gasteiger partial charge in [-0.25, -0.2) is 4.98 Å². The highest BCUT2D eigenvalue weighted by Gasteiger charge is 2.02. The predicted molar refractivity (Wildman–Crippen MR) is 83.9 cm³/mol. The largest absolute Gasteiger partial charge is 0.395 e. The summed E-state index contributed by atoms with van der Waals surface area (Å²) in [4.78, 5) is 4.40. The Morgan fingerprint density at radius 3 is 2.67 bits per heavy atom. The van der Waals surface area contributed by atoms with E-state index in [2.05, 4.69) is 39.6 Å². The Kier molecular flexibility index (Phi) is 3.99. The third-order valence-corrected chi connectivity index (χ3v) is 3.30. The van der Waals surface area contributed by atoms with Gasteiger partial charge in [-0.3, -0.25) is 0 Å². The van der Waals surface area contributed by atoms with Gasteiger partial charge in [-0.05, 0) is 29.8 Å². The van der Waals surface area contributed by atoms with Crippen LogP contribution in [0.3, 0.4) is 0 Å². The molecule has 1 aromatic heterocycles. The third kappa shape index (κ3) is 3.13. The highest BCUT2D eigenvalue weighted by Crippen LogP contribution is 2.14. The maximum absolute atomic E-state index is 8.71. The lowest BCUT2D eigenvalue weighted by atomic mass is 10.1. The summed E-state index contributed by atoms with van der Waals surface area (Å²) in [6, 6.07) is 16.3. The van der Waals surface area contributed by atoms with E-state index in [9.17, 15) is 0 Å². The first-order valence-electron chi connectivity index (χ1n) is 6.95. The highest BCUT2D eigenvalue weighted by atomic mass is 16.2. The van der Waals surface area contributed by atoms with E-state index in [1.54, 1.807) is 0 Å². The lowest BCUT2D eigenvalue weighted by Crippen LogP contribution is -1.97. The van der Waals surface area contributed by atoms with Gasteiger partial charge in [0, 0.05) is 18.5 Å². The number of para-hydroxylation sites is 2. The van der Waals surface area contributed by atoms with E-state index in [0.29, 0.717) is 6.42 Å². The van der Waals surface area contributed by atoms with Gasteiger partial charge in [0.2, 0.25) is 0 Å². The van der Waals surface area contributed by atoms with Crippen molar-refractivity contribution >= 4 is 11.0 Å². The fourth-order valence-electron chi connectivity index (χ4n) is 2.25. The van der Waals surface area contributed by atoms with E-state index in [0.717, 1.165) is 23.1 Å². The normalized spacial score (nSPS) is 10.3. The van der Waals surface area contributed by atoms with E-state index in [1.165, 1.54) is 5.56 Å². The number of rotatable bonds is 3. The first-order chi connectivity index (χ1) is 10.4. The van der Waals surface area contributed by atoms with Crippen LogP contribution < -0.4 is 0 Å². The second-order valence-corrected chi connectivity index (χ2v) is 4.83. The number of imidazole rings is 1. The molecule has 3 heteroatoms. The molecule has 0 saturated heterocycles. The monoisotopic (exact) mass is 276 g/mol. The Labute approximate surface area is 123 Å². The van der Waals surface area contributed by atoms with Crippen LogP contribution >= 0.6 is 0 Å². The summed E-state index contributed by atoms with van der Waals surface area (Å²) in [5.74, 6) is 5.96. The summed E-state index contributed by atoms with van der Waals surface area (Å²) in [6.07, 6.45) is 2.39. The van der Waals surface area contributed by atoms with Crippen LogP contribution in [-0.2, 0) is 6.54 Å². The summed E-state index contributed by atoms with van der Waals surface area (Å²) >= 11 is 0. The number of fused-ring (bicyclic) bond motifs is 1. The van der Waals surface area contributed by atoms with Crippen molar-refractivity contribution in [1.29, 1.82) is 0 Å². The summed E-state index contributed by atoms with van der Waals surface area (Å²) in [6.45, 7) is 0.906. The van der Waals surface area contributed by atoms with Gasteiger partial charge < -0.3 is 9.67 Å². The molecule has 2 aromatic carbocycles. The molecule has 21 heavy (non-hydrogen) atoms. The molecule has 1 N–H and O–H groups in total. The number of nitrogens with zero attached hydrogens (tertiary/aromatic N) is 2. The van der Waals surface area contributed by atoms with E-state index in [-0.39, 0.29) is 6.61 Å². The lowest BCUT2D eigenvalue weighted by molar-refractivity contribution is 0.305. The number of aromatic nitrogens is 2. The Morgan fingerprint density at radius 1 is 1.05 bits per heavy atom. The molecule has 0 bridgehead atoms. The maximum atomic E-state index is 8.71. The van der Waals surface area contributed by atoms with Crippen molar-refractivity contribution in [3.05, 3.63) is 66.0 Å². The number of hydrogen-bond acceptors (Lipinski definition) is 2. The number of benzene rings is 2. The van der Waals surface area contributed by atoms with Crippen molar-refractivity contribution in [3.63, 3.8) is 0 Å². The molecule has 104 valence electrons. The number of hydrogen-bond donors (Lipinski definition) is 1. The average Bonchev–Trinajstić information content (AvgIpc) is 2.93. The van der Waals surface area contributed by atoms with Crippen LogP contribution in [0.2, 0.25) is 0 Å². The summed E-state index contributed by atoms with van der Waals surface area (Å²) in [5.41, 5.74) is 4.35. The summed E-state index contributed by atoms with van der Waals surface area (Å²) < 4.78 is 2.14. The van der Waals surface area contributed by atoms with Crippen LogP contribution in [0, 0.1) is 11.8 Å². The van der Waals surface area contributed by atoms with Crippen molar-refractivity contribution in [2.45, 2.75) is 13.0 Å². The van der Waals surface area contributed by atoms with Gasteiger partial charge in [-0.15, -0.1) is 0 Å². The second-order valence-electron chi connectivity index (χ2n) is 4.83. The second kappa shape index (κ2) is 6.25. The SMILES string of the molecule is OCCC#Cc1ccc(Cn2cnc3ccccc32)cc1. The van der Waals surface area contributed by atoms with Gasteiger partial charge >= 0.3 is 0 Å². The van der Waals surface area contributed by atoms with Gasteiger partial charge in [0.15, 0.2) is 0 Å². The Hall–Kier alpha value is -2.57. The molecule has 0 unspecified atom stereocenters. The van der Waals surface area contributed by atoms with Crippen LogP contribution in [0.4, 0.5) is 0 Å². The first kappa shape index (κ1) is 13.4. The third-order valence-electron chi connectivity index (χ3n) is 3.30. The van der Waals surface area contributed by atoms with Gasteiger partial charge in [0.25, 0.3) is 0 Å². The molecule has 0 radical (unpaired) electrons. The fraction of sp³-hybridized carbons (Fsp3) is 0.167. The van der Waals surface area contributed by atoms with Crippen molar-refractivity contribution < 1.29 is 5.11 Å². The molecule has 0 fully saturated rings. The van der Waals surface area contributed by atoms with Crippen molar-refractivity contribution in [3.8, 4) is 11.8 Å². The molecule has 0 saturated carbocycles. The molecule has 0 aliphatic carbocycles. The molecule has 0 spiro atoms. The highest BCUT2D eigenvalue weighted by molar-refractivity contribution is 5.75. The van der Waals surface area contributed by atoms with Gasteiger partial charge in [-0.1, -0.05) is 36.1 Å². The molecular formula is C18H16N2O. The Bertz CT molecular complexity index is 791. The number of aliphatic hydroxyl groups excluding tert-OH is 1. The molecule has 0 atom stereocenters. The zero-order chi connectivity index (χ0) is 14.5. The maximum Gasteiger partial charge on any atom is 0.0961 e. The molecule has 0 amide bonds. The van der Waals surface area contributed by atoms with Crippen LogP contribution in [0.25, 0.3) is 11.0 Å². The molecule has 0 aliphatic rings. The predicted octanol–water partition coefficient (Wildman–Crippen LogP) is 2.82. The van der Waals surface area contributed by atoms with Crippen LogP contribution in [0.5, 0.6) is 0 Å². The Morgan fingerprint density at radius 2 is 1.86 bits per heavy atom. The van der Waals surface area contributed by atoms with Gasteiger partial charge in [0.05, 0.1) is 24.0 Å². The molecule has 1 heterocycles. The first-order valence-corrected chi connectivity index (χ1v) is 6.95. The summed E-state index contributed by atoms with van der Waals surface area (Å²) in [5, 5.41) is 8.71. The molecule has 3 nitrogen and oxygen atoms in total. The van der Waals surface area contributed by atoms with Crippen LogP contribution in [-0.4, -0.2) is 21.3 Å². The van der Waals surface area contributed by atoms with E-state index >= 15 is 0 Å². The van der Waals surface area contributed by atoms with Crippen molar-refractivity contribution in [2.24, 2.45) is 0 Å². The molecular weight excluding hydrogens is 260 g/mol. The molecule has 3 aromatic rings. The zero-order valence-electron chi connectivity index (χ0n) is 11.7. The summed E-state index contributed by atoms with van der Waals surface area (Å²) in [7, 11) is 0. The van der Waals surface area contributed by atoms with Crippen molar-refractivity contribution in [1.82, 2.24) is 9.55 Å². The minimum absolute atomic E-state index is 0.110. The zero-order valence-corrected chi connectivity index (χ0v) is 11.7.